The van der Waals surface area contributed by atoms with E-state index < -0.39 is 11.9 Å². The zero-order chi connectivity index (χ0) is 15.9. The number of hydrogen-bond acceptors (Lipinski definition) is 4. The molecule has 1 aromatic rings. The van der Waals surface area contributed by atoms with Gasteiger partial charge in [0, 0.05) is 24.6 Å². The Hall–Kier alpha value is -1.57. The number of esters is 1. The number of carbonyl (C=O) groups is 1. The number of nitrogens with one attached hydrogen (secondary N) is 1. The number of alkyl halides is 3. The average Bonchev–Trinajstić information content (AvgIpc) is 3.05. The first-order valence-corrected chi connectivity index (χ1v) is 7.41. The maximum atomic E-state index is 12.6. The lowest BCUT2D eigenvalue weighted by Gasteiger charge is -2.34. The van der Waals surface area contributed by atoms with Gasteiger partial charge in [-0.3, -0.25) is 14.8 Å². The van der Waals surface area contributed by atoms with Gasteiger partial charge in [0.1, 0.15) is 12.1 Å². The van der Waals surface area contributed by atoms with Crippen LogP contribution in [0.2, 0.25) is 0 Å². The predicted molar refractivity (Wildman–Crippen MR) is 71.1 cm³/mol. The van der Waals surface area contributed by atoms with Crippen molar-refractivity contribution in [3.8, 4) is 0 Å². The lowest BCUT2D eigenvalue weighted by molar-refractivity contribution is -0.145. The van der Waals surface area contributed by atoms with E-state index in [1.165, 1.54) is 0 Å². The Balaban J connectivity index is 1.71. The van der Waals surface area contributed by atoms with Crippen LogP contribution in [0.1, 0.15) is 43.5 Å². The summed E-state index contributed by atoms with van der Waals surface area (Å²) in [7, 11) is 0. The van der Waals surface area contributed by atoms with Gasteiger partial charge in [-0.25, -0.2) is 0 Å². The first kappa shape index (κ1) is 15.3. The number of halogens is 3. The largest absolute Gasteiger partial charge is 0.461 e. The third kappa shape index (κ3) is 2.97. The van der Waals surface area contributed by atoms with Gasteiger partial charge in [0.15, 0.2) is 5.69 Å². The lowest BCUT2D eigenvalue weighted by atomic mass is 9.93. The summed E-state index contributed by atoms with van der Waals surface area (Å²) in [6.07, 6.45) is -2.27. The van der Waals surface area contributed by atoms with E-state index in [9.17, 15) is 18.0 Å². The molecule has 3 atom stereocenters. The van der Waals surface area contributed by atoms with Crippen molar-refractivity contribution in [1.82, 2.24) is 15.1 Å². The number of aromatic nitrogens is 2. The van der Waals surface area contributed by atoms with Gasteiger partial charge in [0.25, 0.3) is 0 Å². The average molecular weight is 317 g/mol. The molecule has 0 bridgehead atoms. The number of likely N-dealkylation sites (tertiary alicyclic amines) is 1. The summed E-state index contributed by atoms with van der Waals surface area (Å²) in [5, 5.41) is 5.85. The minimum Gasteiger partial charge on any atom is -0.461 e. The minimum absolute atomic E-state index is 0.0685. The lowest BCUT2D eigenvalue weighted by Crippen LogP contribution is -2.44. The molecule has 8 heteroatoms. The Morgan fingerprint density at radius 3 is 2.82 bits per heavy atom. The molecule has 3 heterocycles. The number of hydrogen-bond donors (Lipinski definition) is 1. The number of H-pyrrole nitrogens is 1. The minimum atomic E-state index is -4.44. The number of aromatic amines is 1. The van der Waals surface area contributed by atoms with Crippen LogP contribution in [-0.2, 0) is 15.7 Å². The SMILES string of the molecule is CC1CC(N2CCCC(c3cc(C(F)(F)F)n[nH]3)C2)C(=O)O1. The molecule has 0 saturated carbocycles. The maximum Gasteiger partial charge on any atom is 0.435 e. The van der Waals surface area contributed by atoms with Crippen LogP contribution in [-0.4, -0.2) is 46.3 Å². The van der Waals surface area contributed by atoms with E-state index in [4.69, 9.17) is 4.74 Å². The van der Waals surface area contributed by atoms with Crippen molar-refractivity contribution in [2.24, 2.45) is 0 Å². The predicted octanol–water partition coefficient (Wildman–Crippen LogP) is 2.31. The van der Waals surface area contributed by atoms with E-state index in [1.54, 1.807) is 0 Å². The molecule has 2 aliphatic rings. The molecule has 0 aromatic carbocycles. The summed E-state index contributed by atoms with van der Waals surface area (Å²) < 4.78 is 43.1. The number of rotatable bonds is 2. The number of nitrogens with zero attached hydrogens (tertiary/aromatic N) is 2. The van der Waals surface area contributed by atoms with Gasteiger partial charge >= 0.3 is 12.1 Å². The summed E-state index contributed by atoms with van der Waals surface area (Å²) >= 11 is 0. The molecule has 22 heavy (non-hydrogen) atoms. The van der Waals surface area contributed by atoms with Crippen molar-refractivity contribution in [3.05, 3.63) is 17.5 Å². The molecule has 2 saturated heterocycles. The fourth-order valence-electron chi connectivity index (χ4n) is 3.27. The first-order valence-electron chi connectivity index (χ1n) is 7.41. The second-order valence-corrected chi connectivity index (χ2v) is 6.04. The van der Waals surface area contributed by atoms with Gasteiger partial charge < -0.3 is 4.74 Å². The van der Waals surface area contributed by atoms with Crippen LogP contribution in [0, 0.1) is 0 Å². The van der Waals surface area contributed by atoms with Crippen molar-refractivity contribution in [2.75, 3.05) is 13.1 Å². The molecule has 0 aliphatic carbocycles. The Morgan fingerprint density at radius 1 is 1.45 bits per heavy atom. The van der Waals surface area contributed by atoms with Gasteiger partial charge in [-0.2, -0.15) is 18.3 Å². The second-order valence-electron chi connectivity index (χ2n) is 6.04. The van der Waals surface area contributed by atoms with Gasteiger partial charge in [-0.05, 0) is 32.4 Å². The molecular formula is C14H18F3N3O2. The van der Waals surface area contributed by atoms with Crippen LogP contribution in [0.5, 0.6) is 0 Å². The zero-order valence-corrected chi connectivity index (χ0v) is 12.2. The van der Waals surface area contributed by atoms with Gasteiger partial charge in [-0.1, -0.05) is 0 Å². The van der Waals surface area contributed by atoms with Gasteiger partial charge in [-0.15, -0.1) is 0 Å². The summed E-state index contributed by atoms with van der Waals surface area (Å²) in [6, 6.07) is 0.798. The fourth-order valence-corrected chi connectivity index (χ4v) is 3.27. The highest BCUT2D eigenvalue weighted by Crippen LogP contribution is 2.33. The fraction of sp³-hybridized carbons (Fsp3) is 0.714. The quantitative estimate of drug-likeness (QED) is 0.851. The van der Waals surface area contributed by atoms with Crippen molar-refractivity contribution in [1.29, 1.82) is 0 Å². The highest BCUT2D eigenvalue weighted by atomic mass is 19.4. The van der Waals surface area contributed by atoms with Crippen LogP contribution < -0.4 is 0 Å². The monoisotopic (exact) mass is 317 g/mol. The standard InChI is InChI=1S/C14H18F3N3O2/c1-8-5-11(13(21)22-8)20-4-2-3-9(7-20)10-6-12(19-18-10)14(15,16)17/h6,8-9,11H,2-5,7H2,1H3,(H,18,19). The van der Waals surface area contributed by atoms with Crippen molar-refractivity contribution >= 4 is 5.97 Å². The molecule has 2 aliphatic heterocycles. The summed E-state index contributed by atoms with van der Waals surface area (Å²) in [4.78, 5) is 13.9. The zero-order valence-electron chi connectivity index (χ0n) is 12.2. The molecule has 3 unspecified atom stereocenters. The third-order valence-corrected chi connectivity index (χ3v) is 4.37. The number of ether oxygens (including phenoxy) is 1. The van der Waals surface area contributed by atoms with E-state index in [0.29, 0.717) is 18.7 Å². The molecule has 0 spiro atoms. The Kier molecular flexibility index (Phi) is 3.88. The highest BCUT2D eigenvalue weighted by Gasteiger charge is 2.39. The third-order valence-electron chi connectivity index (χ3n) is 4.37. The van der Waals surface area contributed by atoms with Gasteiger partial charge in [0.2, 0.25) is 0 Å². The van der Waals surface area contributed by atoms with E-state index in [1.807, 2.05) is 11.8 Å². The van der Waals surface area contributed by atoms with Crippen LogP contribution >= 0.6 is 0 Å². The Bertz CT molecular complexity index is 558. The molecule has 1 aromatic heterocycles. The van der Waals surface area contributed by atoms with Crippen LogP contribution in [0.4, 0.5) is 13.2 Å². The highest BCUT2D eigenvalue weighted by molar-refractivity contribution is 5.78. The number of piperidine rings is 1. The van der Waals surface area contributed by atoms with Crippen LogP contribution in [0.3, 0.4) is 0 Å². The molecule has 0 amide bonds. The molecule has 122 valence electrons. The summed E-state index contributed by atoms with van der Waals surface area (Å²) in [6.45, 7) is 3.17. The number of cyclic esters (lactones) is 1. The summed E-state index contributed by atoms with van der Waals surface area (Å²) in [5.41, 5.74) is -0.412. The molecular weight excluding hydrogens is 299 g/mol. The molecule has 5 nitrogen and oxygen atoms in total. The summed E-state index contributed by atoms with van der Waals surface area (Å²) in [5.74, 6) is -0.296. The van der Waals surface area contributed by atoms with Gasteiger partial charge in [0.05, 0.1) is 0 Å². The molecule has 3 rings (SSSR count). The first-order chi connectivity index (χ1) is 10.3. The van der Waals surface area contributed by atoms with Crippen molar-refractivity contribution < 1.29 is 22.7 Å². The van der Waals surface area contributed by atoms with Crippen molar-refractivity contribution in [3.63, 3.8) is 0 Å². The van der Waals surface area contributed by atoms with E-state index in [-0.39, 0.29) is 24.0 Å². The smallest absolute Gasteiger partial charge is 0.435 e. The maximum absolute atomic E-state index is 12.6. The van der Waals surface area contributed by atoms with Crippen LogP contribution in [0.15, 0.2) is 6.07 Å². The Morgan fingerprint density at radius 2 is 2.23 bits per heavy atom. The molecule has 2 fully saturated rings. The normalized spacial score (nSPS) is 30.5. The second kappa shape index (κ2) is 5.57. The van der Waals surface area contributed by atoms with E-state index in [0.717, 1.165) is 25.5 Å². The van der Waals surface area contributed by atoms with Crippen LogP contribution in [0.25, 0.3) is 0 Å². The van der Waals surface area contributed by atoms with E-state index >= 15 is 0 Å². The molecule has 0 radical (unpaired) electrons. The number of carbonyl (C=O) groups excluding carboxylic acids is 1. The molecule has 1 N–H and O–H groups in total. The Labute approximate surface area is 125 Å². The van der Waals surface area contributed by atoms with Crippen molar-refractivity contribution in [2.45, 2.75) is 50.4 Å². The topological polar surface area (TPSA) is 58.2 Å². The van der Waals surface area contributed by atoms with E-state index in [2.05, 4.69) is 10.2 Å².